The SMILES string of the molecule is CCC(C)(C)OC(=O)N1CC2CC(CN(CC(O)COc3ccc(C#N)cc3)C2)C1. The first-order valence-electron chi connectivity index (χ1n) is 10.8. The van der Waals surface area contributed by atoms with Gasteiger partial charge in [0.25, 0.3) is 0 Å². The summed E-state index contributed by atoms with van der Waals surface area (Å²) in [5.74, 6) is 1.45. The predicted molar refractivity (Wildman–Crippen MR) is 113 cm³/mol. The summed E-state index contributed by atoms with van der Waals surface area (Å²) in [6.07, 6.45) is 1.11. The Morgan fingerprint density at radius 3 is 2.43 bits per heavy atom. The minimum absolute atomic E-state index is 0.208. The van der Waals surface area contributed by atoms with E-state index < -0.39 is 11.7 Å². The van der Waals surface area contributed by atoms with Gasteiger partial charge in [-0.05, 0) is 62.8 Å². The number of aliphatic hydroxyl groups is 1. The lowest BCUT2D eigenvalue weighted by Crippen LogP contribution is -2.56. The maximum absolute atomic E-state index is 12.5. The molecule has 0 aromatic heterocycles. The summed E-state index contributed by atoms with van der Waals surface area (Å²) in [6, 6.07) is 8.95. The number of rotatable bonds is 7. The summed E-state index contributed by atoms with van der Waals surface area (Å²) in [5, 5.41) is 19.3. The number of ether oxygens (including phenoxy) is 2. The molecular formula is C23H33N3O4. The minimum atomic E-state index is -0.592. The molecule has 7 heteroatoms. The molecule has 0 aliphatic carbocycles. The number of nitriles is 1. The van der Waals surface area contributed by atoms with Crippen molar-refractivity contribution >= 4 is 6.09 Å². The average molecular weight is 416 g/mol. The van der Waals surface area contributed by atoms with Gasteiger partial charge in [-0.25, -0.2) is 4.79 Å². The fraction of sp³-hybridized carbons (Fsp3) is 0.652. The van der Waals surface area contributed by atoms with Gasteiger partial charge in [0.2, 0.25) is 0 Å². The summed E-state index contributed by atoms with van der Waals surface area (Å²) in [7, 11) is 0. The number of hydrogen-bond acceptors (Lipinski definition) is 6. The molecule has 164 valence electrons. The summed E-state index contributed by atoms with van der Waals surface area (Å²) < 4.78 is 11.3. The molecule has 1 amide bonds. The lowest BCUT2D eigenvalue weighted by Gasteiger charge is -2.46. The summed E-state index contributed by atoms with van der Waals surface area (Å²) >= 11 is 0. The van der Waals surface area contributed by atoms with Gasteiger partial charge < -0.3 is 19.5 Å². The van der Waals surface area contributed by atoms with E-state index in [9.17, 15) is 9.90 Å². The Kier molecular flexibility index (Phi) is 7.22. The molecule has 7 nitrogen and oxygen atoms in total. The van der Waals surface area contributed by atoms with Crippen molar-refractivity contribution < 1.29 is 19.4 Å². The molecule has 30 heavy (non-hydrogen) atoms. The van der Waals surface area contributed by atoms with Gasteiger partial charge in [-0.2, -0.15) is 5.26 Å². The van der Waals surface area contributed by atoms with E-state index in [0.717, 1.165) is 25.9 Å². The summed E-state index contributed by atoms with van der Waals surface area (Å²) in [5.41, 5.74) is 0.147. The van der Waals surface area contributed by atoms with Crippen molar-refractivity contribution in [1.29, 1.82) is 5.26 Å². The van der Waals surface area contributed by atoms with E-state index in [1.807, 2.05) is 25.7 Å². The van der Waals surface area contributed by atoms with Crippen LogP contribution in [0.2, 0.25) is 0 Å². The number of likely N-dealkylation sites (tertiary alicyclic amines) is 2. The van der Waals surface area contributed by atoms with Gasteiger partial charge in [-0.15, -0.1) is 0 Å². The Hall–Kier alpha value is -2.30. The van der Waals surface area contributed by atoms with Gasteiger partial charge in [0.15, 0.2) is 0 Å². The Morgan fingerprint density at radius 1 is 1.23 bits per heavy atom. The van der Waals surface area contributed by atoms with Gasteiger partial charge in [0, 0.05) is 32.7 Å². The van der Waals surface area contributed by atoms with Gasteiger partial charge >= 0.3 is 6.09 Å². The second kappa shape index (κ2) is 9.67. The quantitative estimate of drug-likeness (QED) is 0.737. The Morgan fingerprint density at radius 2 is 1.87 bits per heavy atom. The van der Waals surface area contributed by atoms with Crippen molar-refractivity contribution in [2.45, 2.75) is 45.3 Å². The molecule has 2 aliphatic rings. The number of aliphatic hydroxyl groups excluding tert-OH is 1. The van der Waals surface area contributed by atoms with Gasteiger partial charge in [-0.3, -0.25) is 4.90 Å². The third kappa shape index (κ3) is 6.10. The number of carbonyl (C=O) groups is 1. The molecule has 2 fully saturated rings. The molecule has 1 aromatic carbocycles. The molecule has 3 unspecified atom stereocenters. The van der Waals surface area contributed by atoms with Crippen LogP contribution in [0.25, 0.3) is 0 Å². The summed E-state index contributed by atoms with van der Waals surface area (Å²) in [4.78, 5) is 16.7. The van der Waals surface area contributed by atoms with Gasteiger partial charge in [0.1, 0.15) is 24.1 Å². The van der Waals surface area contributed by atoms with Crippen LogP contribution in [-0.4, -0.2) is 72.0 Å². The smallest absolute Gasteiger partial charge is 0.410 e. The molecule has 2 aliphatic heterocycles. The van der Waals surface area contributed by atoms with Crippen LogP contribution in [0.4, 0.5) is 4.79 Å². The lowest BCUT2D eigenvalue weighted by molar-refractivity contribution is -0.0254. The second-order valence-corrected chi connectivity index (χ2v) is 9.17. The first kappa shape index (κ1) is 22.4. The van der Waals surface area contributed by atoms with Crippen LogP contribution < -0.4 is 4.74 Å². The normalized spacial score (nSPS) is 22.8. The molecule has 3 rings (SSSR count). The fourth-order valence-corrected chi connectivity index (χ4v) is 4.23. The third-order valence-electron chi connectivity index (χ3n) is 6.02. The molecule has 0 spiro atoms. The van der Waals surface area contributed by atoms with E-state index in [1.165, 1.54) is 0 Å². The minimum Gasteiger partial charge on any atom is -0.491 e. The standard InChI is InChI=1S/C23H33N3O4/c1-4-23(2,3)30-22(28)26-13-18-9-19(14-26)12-25(11-18)15-20(27)16-29-21-7-5-17(10-24)6-8-21/h5-8,18-20,27H,4,9,11-16H2,1-3H3. The third-order valence-corrected chi connectivity index (χ3v) is 6.02. The van der Waals surface area contributed by atoms with Crippen molar-refractivity contribution in [3.05, 3.63) is 29.8 Å². The maximum Gasteiger partial charge on any atom is 0.410 e. The van der Waals surface area contributed by atoms with E-state index in [0.29, 0.717) is 42.8 Å². The van der Waals surface area contributed by atoms with Crippen molar-refractivity contribution in [1.82, 2.24) is 9.80 Å². The largest absolute Gasteiger partial charge is 0.491 e. The first-order valence-corrected chi connectivity index (χ1v) is 10.8. The lowest BCUT2D eigenvalue weighted by atomic mass is 9.84. The number of piperidine rings is 2. The molecule has 2 saturated heterocycles. The van der Waals surface area contributed by atoms with E-state index in [2.05, 4.69) is 11.0 Å². The molecule has 2 bridgehead atoms. The Labute approximate surface area is 179 Å². The van der Waals surface area contributed by atoms with Crippen molar-refractivity contribution in [2.75, 3.05) is 39.3 Å². The van der Waals surface area contributed by atoms with E-state index in [1.54, 1.807) is 24.3 Å². The molecule has 3 atom stereocenters. The topological polar surface area (TPSA) is 86.0 Å². The average Bonchev–Trinajstić information content (AvgIpc) is 2.71. The van der Waals surface area contributed by atoms with Crippen LogP contribution in [0.15, 0.2) is 24.3 Å². The van der Waals surface area contributed by atoms with Crippen molar-refractivity contribution in [3.63, 3.8) is 0 Å². The first-order chi connectivity index (χ1) is 14.3. The molecule has 0 saturated carbocycles. The van der Waals surface area contributed by atoms with Gasteiger partial charge in [-0.1, -0.05) is 6.92 Å². The number of amides is 1. The molecule has 0 radical (unpaired) electrons. The van der Waals surface area contributed by atoms with Crippen LogP contribution in [0.1, 0.15) is 39.2 Å². The zero-order valence-corrected chi connectivity index (χ0v) is 18.2. The monoisotopic (exact) mass is 415 g/mol. The highest BCUT2D eigenvalue weighted by Gasteiger charge is 2.38. The number of β-amino-alcohol motifs (C(OH)–C–C–N with tert-alkyl or cyclic N) is 1. The number of carbonyl (C=O) groups excluding carboxylic acids is 1. The van der Waals surface area contributed by atoms with Gasteiger partial charge in [0.05, 0.1) is 11.6 Å². The van der Waals surface area contributed by atoms with E-state index in [4.69, 9.17) is 14.7 Å². The molecule has 1 aromatic rings. The zero-order valence-electron chi connectivity index (χ0n) is 18.2. The highest BCUT2D eigenvalue weighted by Crippen LogP contribution is 2.30. The highest BCUT2D eigenvalue weighted by molar-refractivity contribution is 5.68. The number of hydrogen-bond donors (Lipinski definition) is 1. The highest BCUT2D eigenvalue weighted by atomic mass is 16.6. The zero-order chi connectivity index (χ0) is 21.7. The summed E-state index contributed by atoms with van der Waals surface area (Å²) in [6.45, 7) is 9.83. The Balaban J connectivity index is 1.44. The van der Waals surface area contributed by atoms with E-state index in [-0.39, 0.29) is 12.7 Å². The molecule has 2 heterocycles. The molecular weight excluding hydrogens is 382 g/mol. The van der Waals surface area contributed by atoms with Crippen LogP contribution in [0.5, 0.6) is 5.75 Å². The van der Waals surface area contributed by atoms with Crippen LogP contribution >= 0.6 is 0 Å². The predicted octanol–water partition coefficient (Wildman–Crippen LogP) is 2.88. The second-order valence-electron chi connectivity index (χ2n) is 9.17. The van der Waals surface area contributed by atoms with Crippen molar-refractivity contribution in [2.24, 2.45) is 11.8 Å². The van der Waals surface area contributed by atoms with E-state index >= 15 is 0 Å². The maximum atomic E-state index is 12.5. The van der Waals surface area contributed by atoms with Crippen LogP contribution in [0.3, 0.4) is 0 Å². The number of benzene rings is 1. The fourth-order valence-electron chi connectivity index (χ4n) is 4.23. The Bertz CT molecular complexity index is 745. The van der Waals surface area contributed by atoms with Crippen LogP contribution in [-0.2, 0) is 4.74 Å². The number of nitrogens with zero attached hydrogens (tertiary/aromatic N) is 3. The van der Waals surface area contributed by atoms with Crippen LogP contribution in [0, 0.1) is 23.2 Å². The van der Waals surface area contributed by atoms with Crippen molar-refractivity contribution in [3.8, 4) is 11.8 Å². The molecule has 1 N–H and O–H groups in total. The number of fused-ring (bicyclic) bond motifs is 2.